The fourth-order valence-corrected chi connectivity index (χ4v) is 4.64. The van der Waals surface area contributed by atoms with Gasteiger partial charge in [-0.05, 0) is 42.8 Å². The molecule has 192 valence electrons. The van der Waals surface area contributed by atoms with Gasteiger partial charge in [0.15, 0.2) is 0 Å². The molecule has 4 aromatic rings. The predicted molar refractivity (Wildman–Crippen MR) is 137 cm³/mol. The zero-order valence-corrected chi connectivity index (χ0v) is 20.6. The Morgan fingerprint density at radius 2 is 1.84 bits per heavy atom. The number of amides is 1. The van der Waals surface area contributed by atoms with Gasteiger partial charge in [-0.25, -0.2) is 13.4 Å². The molecule has 1 amide bonds. The van der Waals surface area contributed by atoms with Crippen molar-refractivity contribution in [2.75, 3.05) is 25.0 Å². The summed E-state index contributed by atoms with van der Waals surface area (Å²) in [5, 5.41) is 13.3. The standard InChI is InChI=1S/C25H26N6O5S/c32-24(18-10-11-19-16-29-30-21(19)15-18)28-17-22(31-37(34,35)20-7-2-1-3-8-20)25(33)36-14-6-13-27-23-9-4-5-12-26-23/h1-5,7-12,15-16,22,31H,6,13-14,17H2,(H,26,27)(H,28,32)(H,29,30). The number of ether oxygens (including phenoxy) is 1. The molecule has 1 atom stereocenters. The summed E-state index contributed by atoms with van der Waals surface area (Å²) in [6, 6.07) is 16.7. The van der Waals surface area contributed by atoms with E-state index in [0.717, 1.165) is 5.39 Å². The summed E-state index contributed by atoms with van der Waals surface area (Å²) in [4.78, 5) is 29.7. The number of pyridine rings is 1. The number of H-pyrrole nitrogens is 1. The Kier molecular flexibility index (Phi) is 8.44. The van der Waals surface area contributed by atoms with Gasteiger partial charge in [0.05, 0.1) is 23.2 Å². The van der Waals surface area contributed by atoms with Crippen molar-refractivity contribution < 1.29 is 22.7 Å². The van der Waals surface area contributed by atoms with Crippen LogP contribution in [0.3, 0.4) is 0 Å². The number of nitrogens with one attached hydrogen (secondary N) is 4. The molecule has 0 aliphatic rings. The van der Waals surface area contributed by atoms with Gasteiger partial charge in [-0.1, -0.05) is 30.3 Å². The lowest BCUT2D eigenvalue weighted by molar-refractivity contribution is -0.145. The molecule has 0 bridgehead atoms. The minimum atomic E-state index is -4.05. The molecule has 0 aliphatic carbocycles. The summed E-state index contributed by atoms with van der Waals surface area (Å²) in [5.41, 5.74) is 1.00. The molecular weight excluding hydrogens is 496 g/mol. The molecule has 4 rings (SSSR count). The summed E-state index contributed by atoms with van der Waals surface area (Å²) in [6.45, 7) is 0.237. The van der Waals surface area contributed by atoms with Crippen LogP contribution in [0.15, 0.2) is 84.0 Å². The van der Waals surface area contributed by atoms with Crippen LogP contribution in [0.25, 0.3) is 10.9 Å². The van der Waals surface area contributed by atoms with Gasteiger partial charge in [0.1, 0.15) is 11.9 Å². The third-order valence-electron chi connectivity index (χ3n) is 5.34. The highest BCUT2D eigenvalue weighted by Gasteiger charge is 2.27. The molecule has 0 spiro atoms. The maximum atomic E-state index is 12.9. The molecular formula is C25H26N6O5S. The Labute approximate surface area is 213 Å². The Balaban J connectivity index is 1.38. The van der Waals surface area contributed by atoms with E-state index in [0.29, 0.717) is 29.9 Å². The molecule has 0 radical (unpaired) electrons. The fraction of sp³-hybridized carbons (Fsp3) is 0.200. The molecule has 0 saturated heterocycles. The first kappa shape index (κ1) is 25.8. The average molecular weight is 523 g/mol. The van der Waals surface area contributed by atoms with E-state index in [2.05, 4.69) is 30.5 Å². The smallest absolute Gasteiger partial charge is 0.326 e. The van der Waals surface area contributed by atoms with Gasteiger partial charge in [0.25, 0.3) is 5.91 Å². The van der Waals surface area contributed by atoms with E-state index >= 15 is 0 Å². The Hall–Kier alpha value is -4.29. The number of benzene rings is 2. The maximum Gasteiger partial charge on any atom is 0.326 e. The summed E-state index contributed by atoms with van der Waals surface area (Å²) in [7, 11) is -4.05. The van der Waals surface area contributed by atoms with Crippen molar-refractivity contribution in [3.05, 3.63) is 84.7 Å². The largest absolute Gasteiger partial charge is 0.464 e. The van der Waals surface area contributed by atoms with Crippen molar-refractivity contribution in [2.45, 2.75) is 17.4 Å². The van der Waals surface area contributed by atoms with E-state index in [1.165, 1.54) is 12.1 Å². The fourth-order valence-electron chi connectivity index (χ4n) is 3.43. The van der Waals surface area contributed by atoms with Crippen LogP contribution in [-0.2, 0) is 19.6 Å². The number of anilines is 1. The van der Waals surface area contributed by atoms with Gasteiger partial charge >= 0.3 is 5.97 Å². The molecule has 0 fully saturated rings. The lowest BCUT2D eigenvalue weighted by Gasteiger charge is -2.18. The predicted octanol–water partition coefficient (Wildman–Crippen LogP) is 2.08. The SMILES string of the molecule is O=C(NCC(NS(=O)(=O)c1ccccc1)C(=O)OCCCNc1ccccn1)c1ccc2cn[nH]c2c1. The second kappa shape index (κ2) is 12.1. The summed E-state index contributed by atoms with van der Waals surface area (Å²) < 4.78 is 33.4. The van der Waals surface area contributed by atoms with Crippen molar-refractivity contribution in [1.29, 1.82) is 0 Å². The summed E-state index contributed by atoms with van der Waals surface area (Å²) in [5.74, 6) is -0.590. The van der Waals surface area contributed by atoms with Crippen LogP contribution in [0.4, 0.5) is 5.82 Å². The Bertz CT molecular complexity index is 1440. The molecule has 2 aromatic heterocycles. The Morgan fingerprint density at radius 1 is 1.03 bits per heavy atom. The van der Waals surface area contributed by atoms with E-state index in [9.17, 15) is 18.0 Å². The molecule has 0 aliphatic heterocycles. The van der Waals surface area contributed by atoms with E-state index in [4.69, 9.17) is 4.74 Å². The van der Waals surface area contributed by atoms with Crippen molar-refractivity contribution in [1.82, 2.24) is 25.2 Å². The third kappa shape index (κ3) is 7.12. The normalized spacial score (nSPS) is 12.1. The van der Waals surface area contributed by atoms with Crippen molar-refractivity contribution in [2.24, 2.45) is 0 Å². The number of nitrogens with zero attached hydrogens (tertiary/aromatic N) is 2. The van der Waals surface area contributed by atoms with Crippen LogP contribution in [0.2, 0.25) is 0 Å². The second-order valence-electron chi connectivity index (χ2n) is 8.03. The highest BCUT2D eigenvalue weighted by molar-refractivity contribution is 7.89. The van der Waals surface area contributed by atoms with Gasteiger partial charge in [-0.3, -0.25) is 14.7 Å². The Morgan fingerprint density at radius 3 is 2.62 bits per heavy atom. The number of aromatic nitrogens is 3. The number of hydrogen-bond acceptors (Lipinski definition) is 8. The van der Waals surface area contributed by atoms with Crippen molar-refractivity contribution in [3.8, 4) is 0 Å². The lowest BCUT2D eigenvalue weighted by Crippen LogP contribution is -2.49. The van der Waals surface area contributed by atoms with E-state index in [1.54, 1.807) is 54.9 Å². The first-order chi connectivity index (χ1) is 17.9. The molecule has 0 saturated carbocycles. The molecule has 12 heteroatoms. The maximum absolute atomic E-state index is 12.9. The van der Waals surface area contributed by atoms with E-state index < -0.39 is 27.9 Å². The number of fused-ring (bicyclic) bond motifs is 1. The van der Waals surface area contributed by atoms with E-state index in [1.807, 2.05) is 12.1 Å². The molecule has 2 aromatic carbocycles. The van der Waals surface area contributed by atoms with Crippen LogP contribution in [0.1, 0.15) is 16.8 Å². The number of hydrogen-bond donors (Lipinski definition) is 4. The first-order valence-corrected chi connectivity index (χ1v) is 13.0. The minimum absolute atomic E-state index is 0.0108. The summed E-state index contributed by atoms with van der Waals surface area (Å²) >= 11 is 0. The highest BCUT2D eigenvalue weighted by Crippen LogP contribution is 2.13. The van der Waals surface area contributed by atoms with Crippen LogP contribution < -0.4 is 15.4 Å². The van der Waals surface area contributed by atoms with Crippen LogP contribution in [0, 0.1) is 0 Å². The second-order valence-corrected chi connectivity index (χ2v) is 9.75. The van der Waals surface area contributed by atoms with Crippen LogP contribution in [0.5, 0.6) is 0 Å². The van der Waals surface area contributed by atoms with Crippen molar-refractivity contribution in [3.63, 3.8) is 0 Å². The molecule has 4 N–H and O–H groups in total. The van der Waals surface area contributed by atoms with Gasteiger partial charge in [-0.2, -0.15) is 9.82 Å². The molecule has 37 heavy (non-hydrogen) atoms. The topological polar surface area (TPSA) is 155 Å². The quantitative estimate of drug-likeness (QED) is 0.163. The summed E-state index contributed by atoms with van der Waals surface area (Å²) in [6.07, 6.45) is 3.76. The van der Waals surface area contributed by atoms with E-state index in [-0.39, 0.29) is 18.0 Å². The average Bonchev–Trinajstić information content (AvgIpc) is 3.39. The van der Waals surface area contributed by atoms with Gasteiger partial charge in [0, 0.05) is 30.2 Å². The zero-order valence-electron chi connectivity index (χ0n) is 19.8. The molecule has 11 nitrogen and oxygen atoms in total. The minimum Gasteiger partial charge on any atom is -0.464 e. The van der Waals surface area contributed by atoms with Crippen LogP contribution >= 0.6 is 0 Å². The monoisotopic (exact) mass is 522 g/mol. The van der Waals surface area contributed by atoms with Gasteiger partial charge in [-0.15, -0.1) is 0 Å². The van der Waals surface area contributed by atoms with Gasteiger partial charge in [0.2, 0.25) is 10.0 Å². The highest BCUT2D eigenvalue weighted by atomic mass is 32.2. The number of esters is 1. The number of carbonyl (C=O) groups is 2. The zero-order chi connectivity index (χ0) is 26.1. The number of carbonyl (C=O) groups excluding carboxylic acids is 2. The number of sulfonamides is 1. The van der Waals surface area contributed by atoms with Crippen LogP contribution in [-0.4, -0.2) is 61.2 Å². The first-order valence-electron chi connectivity index (χ1n) is 11.5. The number of rotatable bonds is 12. The van der Waals surface area contributed by atoms with Gasteiger partial charge < -0.3 is 15.4 Å². The molecule has 2 heterocycles. The number of aromatic amines is 1. The van der Waals surface area contributed by atoms with Crippen molar-refractivity contribution >= 4 is 38.6 Å². The lowest BCUT2D eigenvalue weighted by atomic mass is 10.1. The third-order valence-corrected chi connectivity index (χ3v) is 6.83. The molecule has 1 unspecified atom stereocenters.